The Morgan fingerprint density at radius 1 is 0.952 bits per heavy atom. The summed E-state index contributed by atoms with van der Waals surface area (Å²) < 4.78 is 0. The second-order valence-electron chi connectivity index (χ2n) is 5.95. The maximum absolute atomic E-state index is 4.92. The van der Waals surface area contributed by atoms with E-state index in [-0.39, 0.29) is 0 Å². The summed E-state index contributed by atoms with van der Waals surface area (Å²) >= 11 is 0. The minimum absolute atomic E-state index is 0.919. The molecule has 1 aromatic heterocycles. The fourth-order valence-corrected chi connectivity index (χ4v) is 3.14. The molecular formula is C19H24N2. The Hall–Kier alpha value is -1.70. The van der Waals surface area contributed by atoms with E-state index in [0.717, 1.165) is 24.2 Å². The number of unbranched alkanes of at least 4 members (excludes halogenated alkanes) is 2. The molecule has 0 bridgehead atoms. The van der Waals surface area contributed by atoms with Gasteiger partial charge in [0.05, 0.1) is 0 Å². The van der Waals surface area contributed by atoms with Crippen LogP contribution >= 0.6 is 0 Å². The highest BCUT2D eigenvalue weighted by Gasteiger charge is 2.17. The second-order valence-corrected chi connectivity index (χ2v) is 5.95. The van der Waals surface area contributed by atoms with Crippen molar-refractivity contribution < 1.29 is 0 Å². The average molecular weight is 280 g/mol. The van der Waals surface area contributed by atoms with E-state index in [1.165, 1.54) is 55.5 Å². The van der Waals surface area contributed by atoms with Crippen LogP contribution in [-0.4, -0.2) is 9.97 Å². The van der Waals surface area contributed by atoms with Gasteiger partial charge in [0.15, 0.2) is 5.82 Å². The first kappa shape index (κ1) is 14.2. The summed E-state index contributed by atoms with van der Waals surface area (Å²) in [5.74, 6) is 0.919. The van der Waals surface area contributed by atoms with E-state index in [2.05, 4.69) is 31.2 Å². The van der Waals surface area contributed by atoms with Gasteiger partial charge in [-0.25, -0.2) is 9.97 Å². The largest absolute Gasteiger partial charge is 0.233 e. The Balaban J connectivity index is 1.96. The summed E-state index contributed by atoms with van der Waals surface area (Å²) in [7, 11) is 0. The Morgan fingerprint density at radius 3 is 2.57 bits per heavy atom. The minimum Gasteiger partial charge on any atom is -0.233 e. The molecule has 110 valence electrons. The summed E-state index contributed by atoms with van der Waals surface area (Å²) in [6, 6.07) is 10.4. The average Bonchev–Trinajstić information content (AvgIpc) is 2.55. The minimum atomic E-state index is 0.919. The van der Waals surface area contributed by atoms with Crippen LogP contribution in [0.1, 0.15) is 56.0 Å². The van der Waals surface area contributed by atoms with Gasteiger partial charge in [0.2, 0.25) is 0 Å². The van der Waals surface area contributed by atoms with Crippen LogP contribution in [-0.2, 0) is 19.3 Å². The summed E-state index contributed by atoms with van der Waals surface area (Å²) in [4.78, 5) is 9.78. The molecular weight excluding hydrogens is 256 g/mol. The van der Waals surface area contributed by atoms with Gasteiger partial charge in [0.25, 0.3) is 0 Å². The topological polar surface area (TPSA) is 25.8 Å². The van der Waals surface area contributed by atoms with E-state index < -0.39 is 0 Å². The zero-order valence-electron chi connectivity index (χ0n) is 12.9. The molecule has 0 atom stereocenters. The van der Waals surface area contributed by atoms with Crippen molar-refractivity contribution in [1.29, 1.82) is 0 Å². The van der Waals surface area contributed by atoms with E-state index >= 15 is 0 Å². The van der Waals surface area contributed by atoms with Crippen molar-refractivity contribution >= 4 is 0 Å². The van der Waals surface area contributed by atoms with Crippen LogP contribution in [0.15, 0.2) is 30.3 Å². The molecule has 0 unspecified atom stereocenters. The van der Waals surface area contributed by atoms with Gasteiger partial charge in [0, 0.05) is 17.0 Å². The quantitative estimate of drug-likeness (QED) is 0.738. The van der Waals surface area contributed by atoms with Crippen LogP contribution in [0.4, 0.5) is 0 Å². The molecule has 3 rings (SSSR count). The summed E-state index contributed by atoms with van der Waals surface area (Å²) in [5.41, 5.74) is 5.22. The highest BCUT2D eigenvalue weighted by molar-refractivity contribution is 5.55. The maximum Gasteiger partial charge on any atom is 0.159 e. The highest BCUT2D eigenvalue weighted by atomic mass is 14.9. The number of rotatable bonds is 5. The Labute approximate surface area is 127 Å². The fourth-order valence-electron chi connectivity index (χ4n) is 3.14. The van der Waals surface area contributed by atoms with E-state index in [1.54, 1.807) is 0 Å². The molecule has 0 saturated carbocycles. The van der Waals surface area contributed by atoms with Crippen molar-refractivity contribution in [3.8, 4) is 11.4 Å². The van der Waals surface area contributed by atoms with Crippen molar-refractivity contribution in [2.75, 3.05) is 0 Å². The lowest BCUT2D eigenvalue weighted by molar-refractivity contribution is 0.638. The lowest BCUT2D eigenvalue weighted by Gasteiger charge is -2.19. The summed E-state index contributed by atoms with van der Waals surface area (Å²) in [6.07, 6.45) is 9.77. The maximum atomic E-state index is 4.92. The Kier molecular flexibility index (Phi) is 4.64. The molecule has 0 N–H and O–H groups in total. The Morgan fingerprint density at radius 2 is 1.76 bits per heavy atom. The molecule has 1 aliphatic carbocycles. The fraction of sp³-hybridized carbons (Fsp3) is 0.474. The van der Waals surface area contributed by atoms with Crippen molar-refractivity contribution in [3.63, 3.8) is 0 Å². The van der Waals surface area contributed by atoms with Gasteiger partial charge in [0.1, 0.15) is 0 Å². The third-order valence-electron chi connectivity index (χ3n) is 4.32. The monoisotopic (exact) mass is 280 g/mol. The number of hydrogen-bond donors (Lipinski definition) is 0. The van der Waals surface area contributed by atoms with E-state index in [9.17, 15) is 0 Å². The van der Waals surface area contributed by atoms with Crippen molar-refractivity contribution in [3.05, 3.63) is 47.3 Å². The first-order chi connectivity index (χ1) is 10.4. The third-order valence-corrected chi connectivity index (χ3v) is 4.32. The van der Waals surface area contributed by atoms with E-state index in [4.69, 9.17) is 9.97 Å². The SMILES string of the molecule is CCCCCc1nc(-c2ccccc2)nc2c1CCCC2. The molecule has 21 heavy (non-hydrogen) atoms. The van der Waals surface area contributed by atoms with Gasteiger partial charge in [-0.1, -0.05) is 50.1 Å². The van der Waals surface area contributed by atoms with Crippen LogP contribution in [0.2, 0.25) is 0 Å². The van der Waals surface area contributed by atoms with Crippen molar-refractivity contribution in [2.45, 2.75) is 58.3 Å². The molecule has 0 amide bonds. The molecule has 2 aromatic rings. The molecule has 2 heteroatoms. The van der Waals surface area contributed by atoms with Gasteiger partial charge in [-0.2, -0.15) is 0 Å². The standard InChI is InChI=1S/C19H24N2/c1-2-3-5-13-17-16-12-8-9-14-18(16)21-19(20-17)15-10-6-4-7-11-15/h4,6-7,10-11H,2-3,5,8-9,12-14H2,1H3. The van der Waals surface area contributed by atoms with Crippen LogP contribution in [0.25, 0.3) is 11.4 Å². The van der Waals surface area contributed by atoms with E-state index in [0.29, 0.717) is 0 Å². The van der Waals surface area contributed by atoms with Gasteiger partial charge in [-0.3, -0.25) is 0 Å². The van der Waals surface area contributed by atoms with Crippen LogP contribution < -0.4 is 0 Å². The number of fused-ring (bicyclic) bond motifs is 1. The van der Waals surface area contributed by atoms with Gasteiger partial charge in [-0.05, 0) is 44.1 Å². The first-order valence-electron chi connectivity index (χ1n) is 8.32. The molecule has 1 aliphatic rings. The molecule has 1 aromatic carbocycles. The molecule has 0 radical (unpaired) electrons. The molecule has 0 saturated heterocycles. The van der Waals surface area contributed by atoms with Gasteiger partial charge in [-0.15, -0.1) is 0 Å². The highest BCUT2D eigenvalue weighted by Crippen LogP contribution is 2.26. The summed E-state index contributed by atoms with van der Waals surface area (Å²) in [6.45, 7) is 2.25. The van der Waals surface area contributed by atoms with E-state index in [1.807, 2.05) is 6.07 Å². The predicted octanol–water partition coefficient (Wildman–Crippen LogP) is 4.76. The van der Waals surface area contributed by atoms with Crippen LogP contribution in [0.5, 0.6) is 0 Å². The Bertz CT molecular complexity index is 590. The number of aryl methyl sites for hydroxylation is 2. The molecule has 0 fully saturated rings. The van der Waals surface area contributed by atoms with Crippen LogP contribution in [0.3, 0.4) is 0 Å². The zero-order valence-corrected chi connectivity index (χ0v) is 12.9. The summed E-state index contributed by atoms with van der Waals surface area (Å²) in [5, 5.41) is 0. The molecule has 0 spiro atoms. The first-order valence-corrected chi connectivity index (χ1v) is 8.32. The number of benzene rings is 1. The zero-order chi connectivity index (χ0) is 14.5. The normalized spacial score (nSPS) is 14.0. The number of hydrogen-bond acceptors (Lipinski definition) is 2. The molecule has 1 heterocycles. The predicted molar refractivity (Wildman–Crippen MR) is 87.3 cm³/mol. The lowest BCUT2D eigenvalue weighted by atomic mass is 9.92. The molecule has 2 nitrogen and oxygen atoms in total. The van der Waals surface area contributed by atoms with Gasteiger partial charge >= 0.3 is 0 Å². The van der Waals surface area contributed by atoms with Crippen molar-refractivity contribution in [2.24, 2.45) is 0 Å². The lowest BCUT2D eigenvalue weighted by Crippen LogP contribution is -2.12. The van der Waals surface area contributed by atoms with Crippen LogP contribution in [0, 0.1) is 0 Å². The van der Waals surface area contributed by atoms with Gasteiger partial charge < -0.3 is 0 Å². The third kappa shape index (κ3) is 3.31. The molecule has 0 aliphatic heterocycles. The smallest absolute Gasteiger partial charge is 0.159 e. The number of aromatic nitrogens is 2. The van der Waals surface area contributed by atoms with Crippen molar-refractivity contribution in [1.82, 2.24) is 9.97 Å². The number of nitrogens with zero attached hydrogens (tertiary/aromatic N) is 2. The second kappa shape index (κ2) is 6.84.